The third kappa shape index (κ3) is 3.76. The summed E-state index contributed by atoms with van der Waals surface area (Å²) in [6.07, 6.45) is -0.563. The van der Waals surface area contributed by atoms with Crippen molar-refractivity contribution in [1.29, 1.82) is 0 Å². The molecule has 0 N–H and O–H groups in total. The summed E-state index contributed by atoms with van der Waals surface area (Å²) in [5.41, 5.74) is 2.01. The minimum absolute atomic E-state index is 0.167. The van der Waals surface area contributed by atoms with Gasteiger partial charge < -0.3 is 9.47 Å². The molecule has 0 saturated heterocycles. The lowest BCUT2D eigenvalue weighted by Gasteiger charge is -2.19. The maximum atomic E-state index is 11.8. The van der Waals surface area contributed by atoms with Crippen LogP contribution < -0.4 is 4.74 Å². The van der Waals surface area contributed by atoms with Gasteiger partial charge in [-0.3, -0.25) is 4.79 Å². The molecule has 0 saturated carbocycles. The monoisotopic (exact) mass is 388 g/mol. The van der Waals surface area contributed by atoms with Crippen molar-refractivity contribution in [1.82, 2.24) is 5.01 Å². The Hall–Kier alpha value is -2.34. The first kappa shape index (κ1) is 16.5. The molecule has 24 heavy (non-hydrogen) atoms. The SMILES string of the molecule is CC(=O)N1N=C(COc2ccc(C)cc2)OC1c1ccc(Br)cc1. The van der Waals surface area contributed by atoms with Gasteiger partial charge in [-0.05, 0) is 31.2 Å². The van der Waals surface area contributed by atoms with E-state index in [-0.39, 0.29) is 12.5 Å². The van der Waals surface area contributed by atoms with E-state index in [2.05, 4.69) is 21.0 Å². The van der Waals surface area contributed by atoms with E-state index in [1.165, 1.54) is 11.9 Å². The summed E-state index contributed by atoms with van der Waals surface area (Å²) in [5.74, 6) is 0.917. The highest BCUT2D eigenvalue weighted by molar-refractivity contribution is 9.10. The molecule has 1 aliphatic heterocycles. The molecule has 1 unspecified atom stereocenters. The lowest BCUT2D eigenvalue weighted by molar-refractivity contribution is -0.135. The molecule has 0 spiro atoms. The normalized spacial score (nSPS) is 16.5. The van der Waals surface area contributed by atoms with Gasteiger partial charge in [0.05, 0.1) is 0 Å². The smallest absolute Gasteiger partial charge is 0.247 e. The van der Waals surface area contributed by atoms with Gasteiger partial charge in [0.1, 0.15) is 5.75 Å². The van der Waals surface area contributed by atoms with Crippen LogP contribution in [0.5, 0.6) is 5.75 Å². The number of rotatable bonds is 4. The second-order valence-corrected chi connectivity index (χ2v) is 6.40. The van der Waals surface area contributed by atoms with Gasteiger partial charge in [-0.1, -0.05) is 45.8 Å². The number of hydrogen-bond acceptors (Lipinski definition) is 4. The molecule has 1 amide bonds. The van der Waals surface area contributed by atoms with Crippen LogP contribution in [0.2, 0.25) is 0 Å². The topological polar surface area (TPSA) is 51.1 Å². The molecule has 5 nitrogen and oxygen atoms in total. The van der Waals surface area contributed by atoms with Gasteiger partial charge in [0, 0.05) is 17.0 Å². The number of hydrazone groups is 1. The molecular weight excluding hydrogens is 372 g/mol. The Morgan fingerprint density at radius 2 is 1.88 bits per heavy atom. The average Bonchev–Trinajstić information content (AvgIpc) is 3.00. The van der Waals surface area contributed by atoms with Gasteiger partial charge in [-0.15, -0.1) is 5.10 Å². The van der Waals surface area contributed by atoms with Crippen molar-refractivity contribution in [2.45, 2.75) is 20.1 Å². The molecule has 0 aliphatic carbocycles. The number of halogens is 1. The molecule has 2 aromatic rings. The Labute approximate surface area is 149 Å². The summed E-state index contributed by atoms with van der Waals surface area (Å²) in [6, 6.07) is 15.3. The number of carbonyl (C=O) groups is 1. The molecule has 1 heterocycles. The Balaban J connectivity index is 1.70. The fourth-order valence-corrected chi connectivity index (χ4v) is 2.55. The second-order valence-electron chi connectivity index (χ2n) is 5.48. The van der Waals surface area contributed by atoms with Crippen molar-refractivity contribution >= 4 is 27.7 Å². The summed E-state index contributed by atoms with van der Waals surface area (Å²) in [4.78, 5) is 11.8. The van der Waals surface area contributed by atoms with Crippen LogP contribution in [0.4, 0.5) is 0 Å². The van der Waals surface area contributed by atoms with Crippen LogP contribution in [0, 0.1) is 6.92 Å². The highest BCUT2D eigenvalue weighted by Crippen LogP contribution is 2.29. The summed E-state index contributed by atoms with van der Waals surface area (Å²) < 4.78 is 12.5. The molecular formula is C18H17BrN2O3. The summed E-state index contributed by atoms with van der Waals surface area (Å²) in [6.45, 7) is 3.64. The van der Waals surface area contributed by atoms with Crippen LogP contribution in [0.1, 0.15) is 24.3 Å². The third-order valence-corrected chi connectivity index (χ3v) is 4.08. The predicted molar refractivity (Wildman–Crippen MR) is 94.6 cm³/mol. The number of benzene rings is 2. The molecule has 3 rings (SSSR count). The Kier molecular flexibility index (Phi) is 4.85. The van der Waals surface area contributed by atoms with E-state index >= 15 is 0 Å². The summed E-state index contributed by atoms with van der Waals surface area (Å²) in [7, 11) is 0. The van der Waals surface area contributed by atoms with Crippen LogP contribution >= 0.6 is 15.9 Å². The maximum absolute atomic E-state index is 11.8. The molecule has 0 aromatic heterocycles. The first-order valence-electron chi connectivity index (χ1n) is 7.52. The lowest BCUT2D eigenvalue weighted by atomic mass is 10.2. The molecule has 0 fully saturated rings. The number of aryl methyl sites for hydroxylation is 1. The van der Waals surface area contributed by atoms with Crippen molar-refractivity contribution in [3.05, 3.63) is 64.1 Å². The van der Waals surface area contributed by atoms with Crippen LogP contribution in [0.3, 0.4) is 0 Å². The van der Waals surface area contributed by atoms with Gasteiger partial charge in [0.2, 0.25) is 18.0 Å². The van der Waals surface area contributed by atoms with E-state index in [1.54, 1.807) is 0 Å². The summed E-state index contributed by atoms with van der Waals surface area (Å²) in [5, 5.41) is 5.57. The maximum Gasteiger partial charge on any atom is 0.247 e. The third-order valence-electron chi connectivity index (χ3n) is 3.55. The average molecular weight is 389 g/mol. The fourth-order valence-electron chi connectivity index (χ4n) is 2.29. The summed E-state index contributed by atoms with van der Waals surface area (Å²) >= 11 is 3.40. The standard InChI is InChI=1S/C18H17BrN2O3/c1-12-3-9-16(10-4-12)23-11-17-20-21(13(2)22)18(24-17)14-5-7-15(19)8-6-14/h3-10,18H,11H2,1-2H3. The molecule has 6 heteroatoms. The van der Waals surface area contributed by atoms with Crippen molar-refractivity contribution in [3.63, 3.8) is 0 Å². The number of nitrogens with zero attached hydrogens (tertiary/aromatic N) is 2. The van der Waals surface area contributed by atoms with Gasteiger partial charge in [0.25, 0.3) is 0 Å². The quantitative estimate of drug-likeness (QED) is 0.794. The van der Waals surface area contributed by atoms with Gasteiger partial charge in [-0.25, -0.2) is 0 Å². The van der Waals surface area contributed by atoms with E-state index in [1.807, 2.05) is 55.5 Å². The van der Waals surface area contributed by atoms with Crippen molar-refractivity contribution in [3.8, 4) is 5.75 Å². The number of hydrogen-bond donors (Lipinski definition) is 0. The predicted octanol–water partition coefficient (Wildman–Crippen LogP) is 4.03. The highest BCUT2D eigenvalue weighted by atomic mass is 79.9. The van der Waals surface area contributed by atoms with Crippen molar-refractivity contribution in [2.24, 2.45) is 5.10 Å². The van der Waals surface area contributed by atoms with Gasteiger partial charge in [-0.2, -0.15) is 5.01 Å². The first-order chi connectivity index (χ1) is 11.5. The van der Waals surface area contributed by atoms with Crippen molar-refractivity contribution in [2.75, 3.05) is 6.61 Å². The van der Waals surface area contributed by atoms with E-state index in [0.29, 0.717) is 5.90 Å². The zero-order chi connectivity index (χ0) is 17.1. The molecule has 124 valence electrons. The molecule has 2 aromatic carbocycles. The second kappa shape index (κ2) is 7.05. The first-order valence-corrected chi connectivity index (χ1v) is 8.31. The molecule has 0 bridgehead atoms. The van der Waals surface area contributed by atoms with Crippen LogP contribution in [0.25, 0.3) is 0 Å². The number of amides is 1. The van der Waals surface area contributed by atoms with E-state index in [4.69, 9.17) is 9.47 Å². The number of ether oxygens (including phenoxy) is 2. The Morgan fingerprint density at radius 1 is 1.21 bits per heavy atom. The van der Waals surface area contributed by atoms with Crippen LogP contribution in [-0.2, 0) is 9.53 Å². The number of carbonyl (C=O) groups excluding carboxylic acids is 1. The fraction of sp³-hybridized carbons (Fsp3) is 0.222. The van der Waals surface area contributed by atoms with E-state index < -0.39 is 6.23 Å². The van der Waals surface area contributed by atoms with E-state index in [0.717, 1.165) is 21.3 Å². The largest absolute Gasteiger partial charge is 0.484 e. The van der Waals surface area contributed by atoms with Crippen LogP contribution in [0.15, 0.2) is 58.1 Å². The van der Waals surface area contributed by atoms with Crippen molar-refractivity contribution < 1.29 is 14.3 Å². The zero-order valence-electron chi connectivity index (χ0n) is 13.4. The highest BCUT2D eigenvalue weighted by Gasteiger charge is 2.32. The Bertz CT molecular complexity index is 757. The van der Waals surface area contributed by atoms with Gasteiger partial charge >= 0.3 is 0 Å². The van der Waals surface area contributed by atoms with Crippen LogP contribution in [-0.4, -0.2) is 23.4 Å². The Morgan fingerprint density at radius 3 is 2.50 bits per heavy atom. The van der Waals surface area contributed by atoms with Gasteiger partial charge in [0.15, 0.2) is 6.61 Å². The molecule has 0 radical (unpaired) electrons. The van der Waals surface area contributed by atoms with E-state index in [9.17, 15) is 4.79 Å². The lowest BCUT2D eigenvalue weighted by Crippen LogP contribution is -2.25. The molecule has 1 aliphatic rings. The minimum atomic E-state index is -0.563. The minimum Gasteiger partial charge on any atom is -0.484 e. The molecule has 1 atom stereocenters. The zero-order valence-corrected chi connectivity index (χ0v) is 15.0.